The lowest BCUT2D eigenvalue weighted by molar-refractivity contribution is -0.124. The van der Waals surface area contributed by atoms with E-state index in [2.05, 4.69) is 5.32 Å². The Morgan fingerprint density at radius 1 is 1.36 bits per heavy atom. The Balaban J connectivity index is 1.76. The van der Waals surface area contributed by atoms with E-state index in [-0.39, 0.29) is 24.3 Å². The monoisotopic (exact) mass is 330 g/mol. The number of carbonyl (C=O) groups excluding carboxylic acids is 1. The van der Waals surface area contributed by atoms with Crippen LogP contribution in [-0.2, 0) is 14.8 Å². The lowest BCUT2D eigenvalue weighted by Gasteiger charge is -2.30. The number of piperidine rings is 1. The molecule has 0 unspecified atom stereocenters. The van der Waals surface area contributed by atoms with E-state index in [4.69, 9.17) is 4.74 Å². The number of amides is 1. The summed E-state index contributed by atoms with van der Waals surface area (Å²) in [5.74, 6) is -0.831. The first-order valence-electron chi connectivity index (χ1n) is 6.98. The molecule has 0 aromatic heterocycles. The molecule has 22 heavy (non-hydrogen) atoms. The van der Waals surface area contributed by atoms with E-state index >= 15 is 0 Å². The Hall–Kier alpha value is -1.67. The van der Waals surface area contributed by atoms with E-state index in [0.29, 0.717) is 25.9 Å². The number of halogens is 1. The van der Waals surface area contributed by atoms with E-state index < -0.39 is 15.8 Å². The first kappa shape index (κ1) is 16.7. The van der Waals surface area contributed by atoms with Crippen molar-refractivity contribution >= 4 is 15.9 Å². The number of carbonyl (C=O) groups is 1. The molecule has 2 rings (SSSR count). The van der Waals surface area contributed by atoms with Gasteiger partial charge >= 0.3 is 0 Å². The largest absolute Gasteiger partial charge is 0.481 e. The number of nitrogens with zero attached hydrogens (tertiary/aromatic N) is 1. The zero-order chi connectivity index (χ0) is 16.2. The summed E-state index contributed by atoms with van der Waals surface area (Å²) in [6.07, 6.45) is 2.28. The van der Waals surface area contributed by atoms with Gasteiger partial charge in [0, 0.05) is 19.1 Å². The van der Waals surface area contributed by atoms with Gasteiger partial charge in [-0.25, -0.2) is 17.1 Å². The van der Waals surface area contributed by atoms with Gasteiger partial charge in [-0.1, -0.05) is 12.1 Å². The van der Waals surface area contributed by atoms with E-state index in [1.807, 2.05) is 0 Å². The molecule has 1 aliphatic rings. The average molecular weight is 330 g/mol. The van der Waals surface area contributed by atoms with Crippen LogP contribution in [0.1, 0.15) is 12.8 Å². The van der Waals surface area contributed by atoms with Gasteiger partial charge in [-0.05, 0) is 25.0 Å². The molecule has 0 bridgehead atoms. The van der Waals surface area contributed by atoms with Crippen molar-refractivity contribution in [1.29, 1.82) is 0 Å². The molecule has 1 aliphatic heterocycles. The summed E-state index contributed by atoms with van der Waals surface area (Å²) in [5.41, 5.74) is 0. The molecular weight excluding hydrogens is 311 g/mol. The van der Waals surface area contributed by atoms with Crippen LogP contribution in [0.3, 0.4) is 0 Å². The SMILES string of the molecule is CS(=O)(=O)N1CCC(NC(=O)COc2ccccc2F)CC1. The summed E-state index contributed by atoms with van der Waals surface area (Å²) in [6.45, 7) is 0.503. The molecule has 0 radical (unpaired) electrons. The number of benzene rings is 1. The summed E-state index contributed by atoms with van der Waals surface area (Å²) in [4.78, 5) is 11.8. The molecule has 1 aromatic carbocycles. The molecule has 0 spiro atoms. The highest BCUT2D eigenvalue weighted by molar-refractivity contribution is 7.88. The smallest absolute Gasteiger partial charge is 0.258 e. The first-order chi connectivity index (χ1) is 10.4. The van der Waals surface area contributed by atoms with Gasteiger partial charge in [0.1, 0.15) is 0 Å². The second kappa shape index (κ2) is 7.06. The van der Waals surface area contributed by atoms with E-state index in [9.17, 15) is 17.6 Å². The second-order valence-corrected chi connectivity index (χ2v) is 7.21. The fourth-order valence-corrected chi connectivity index (χ4v) is 3.18. The van der Waals surface area contributed by atoms with Gasteiger partial charge in [0.2, 0.25) is 10.0 Å². The maximum absolute atomic E-state index is 13.3. The predicted octanol–water partition coefficient (Wildman–Crippen LogP) is 0.745. The van der Waals surface area contributed by atoms with Crippen molar-refractivity contribution in [3.63, 3.8) is 0 Å². The van der Waals surface area contributed by atoms with Gasteiger partial charge < -0.3 is 10.1 Å². The Morgan fingerprint density at radius 2 is 2.00 bits per heavy atom. The minimum Gasteiger partial charge on any atom is -0.481 e. The third-order valence-electron chi connectivity index (χ3n) is 3.48. The molecule has 6 nitrogen and oxygen atoms in total. The molecule has 8 heteroatoms. The lowest BCUT2D eigenvalue weighted by atomic mass is 10.1. The molecule has 122 valence electrons. The summed E-state index contributed by atoms with van der Waals surface area (Å²) in [5, 5.41) is 2.77. The average Bonchev–Trinajstić information content (AvgIpc) is 2.46. The Bertz CT molecular complexity index is 627. The van der Waals surface area contributed by atoms with Crippen LogP contribution in [0.5, 0.6) is 5.75 Å². The highest BCUT2D eigenvalue weighted by atomic mass is 32.2. The standard InChI is InChI=1S/C14H19FN2O4S/c1-22(19,20)17-8-6-11(7-9-17)16-14(18)10-21-13-5-3-2-4-12(13)15/h2-5,11H,6-10H2,1H3,(H,16,18). The highest BCUT2D eigenvalue weighted by Crippen LogP contribution is 2.15. The van der Waals surface area contributed by atoms with Crippen molar-refractivity contribution in [3.8, 4) is 5.75 Å². The Kier molecular flexibility index (Phi) is 5.36. The van der Waals surface area contributed by atoms with Crippen LogP contribution < -0.4 is 10.1 Å². The quantitative estimate of drug-likeness (QED) is 0.864. The van der Waals surface area contributed by atoms with Crippen LogP contribution in [0.15, 0.2) is 24.3 Å². The van der Waals surface area contributed by atoms with E-state index in [1.54, 1.807) is 6.07 Å². The molecule has 1 amide bonds. The zero-order valence-electron chi connectivity index (χ0n) is 12.3. The third kappa shape index (κ3) is 4.67. The van der Waals surface area contributed by atoms with Gasteiger partial charge in [-0.15, -0.1) is 0 Å². The van der Waals surface area contributed by atoms with Gasteiger partial charge in [-0.3, -0.25) is 4.79 Å². The fourth-order valence-electron chi connectivity index (χ4n) is 2.31. The Morgan fingerprint density at radius 3 is 2.59 bits per heavy atom. The summed E-state index contributed by atoms with van der Waals surface area (Å²) in [6, 6.07) is 5.78. The predicted molar refractivity (Wildman–Crippen MR) is 79.5 cm³/mol. The molecule has 1 heterocycles. The third-order valence-corrected chi connectivity index (χ3v) is 4.79. The van der Waals surface area contributed by atoms with Crippen molar-refractivity contribution in [2.24, 2.45) is 0 Å². The van der Waals surface area contributed by atoms with Gasteiger partial charge in [-0.2, -0.15) is 0 Å². The number of rotatable bonds is 5. The molecule has 0 atom stereocenters. The van der Waals surface area contributed by atoms with Crippen molar-refractivity contribution < 1.29 is 22.3 Å². The molecule has 0 aliphatic carbocycles. The lowest BCUT2D eigenvalue weighted by Crippen LogP contribution is -2.47. The first-order valence-corrected chi connectivity index (χ1v) is 8.83. The summed E-state index contributed by atoms with van der Waals surface area (Å²) < 4.78 is 42.6. The highest BCUT2D eigenvalue weighted by Gasteiger charge is 2.25. The number of hydrogen-bond acceptors (Lipinski definition) is 4. The number of nitrogens with one attached hydrogen (secondary N) is 1. The van der Waals surface area contributed by atoms with Crippen LogP contribution in [0.25, 0.3) is 0 Å². The van der Waals surface area contributed by atoms with Crippen LogP contribution in [-0.4, -0.2) is 50.6 Å². The molecule has 0 saturated carbocycles. The second-order valence-electron chi connectivity index (χ2n) is 5.22. The zero-order valence-corrected chi connectivity index (χ0v) is 13.1. The van der Waals surface area contributed by atoms with Crippen LogP contribution >= 0.6 is 0 Å². The fraction of sp³-hybridized carbons (Fsp3) is 0.500. The number of hydrogen-bond donors (Lipinski definition) is 1. The van der Waals surface area contributed by atoms with E-state index in [0.717, 1.165) is 0 Å². The molecule has 1 saturated heterocycles. The van der Waals surface area contributed by atoms with Crippen molar-refractivity contribution in [3.05, 3.63) is 30.1 Å². The van der Waals surface area contributed by atoms with Gasteiger partial charge in [0.15, 0.2) is 18.2 Å². The van der Waals surface area contributed by atoms with E-state index in [1.165, 1.54) is 28.8 Å². The molecular formula is C14H19FN2O4S. The molecule has 1 N–H and O–H groups in total. The van der Waals surface area contributed by atoms with Crippen LogP contribution in [0.2, 0.25) is 0 Å². The number of para-hydroxylation sites is 1. The minimum absolute atomic E-state index is 0.0320. The summed E-state index contributed by atoms with van der Waals surface area (Å²) >= 11 is 0. The van der Waals surface area contributed by atoms with Crippen molar-refractivity contribution in [2.45, 2.75) is 18.9 Å². The van der Waals surface area contributed by atoms with Crippen molar-refractivity contribution in [2.75, 3.05) is 26.0 Å². The topological polar surface area (TPSA) is 75.7 Å². The Labute approximate surface area is 129 Å². The van der Waals surface area contributed by atoms with Gasteiger partial charge in [0.05, 0.1) is 6.26 Å². The maximum atomic E-state index is 13.3. The van der Waals surface area contributed by atoms with Crippen LogP contribution in [0, 0.1) is 5.82 Å². The molecule has 1 aromatic rings. The normalized spacial score (nSPS) is 17.2. The number of ether oxygens (including phenoxy) is 1. The summed E-state index contributed by atoms with van der Waals surface area (Å²) in [7, 11) is -3.17. The molecule has 1 fully saturated rings. The maximum Gasteiger partial charge on any atom is 0.258 e. The number of sulfonamides is 1. The van der Waals surface area contributed by atoms with Crippen LogP contribution in [0.4, 0.5) is 4.39 Å². The van der Waals surface area contributed by atoms with Gasteiger partial charge in [0.25, 0.3) is 5.91 Å². The van der Waals surface area contributed by atoms with Crippen molar-refractivity contribution in [1.82, 2.24) is 9.62 Å². The minimum atomic E-state index is -3.17.